The van der Waals surface area contributed by atoms with E-state index < -0.39 is 16.4 Å². The summed E-state index contributed by atoms with van der Waals surface area (Å²) >= 11 is 0. The van der Waals surface area contributed by atoms with Crippen LogP contribution in [0.4, 0.5) is 5.69 Å². The molecular weight excluding hydrogens is 272 g/mol. The number of rotatable bonds is 6. The second-order valence-electron chi connectivity index (χ2n) is 5.61. The number of aryl methyl sites for hydroxylation is 1. The first-order valence-electron chi connectivity index (χ1n) is 6.94. The van der Waals surface area contributed by atoms with Gasteiger partial charge in [-0.05, 0) is 25.3 Å². The van der Waals surface area contributed by atoms with Crippen molar-refractivity contribution in [3.8, 4) is 0 Å². The molecule has 1 aromatic rings. The molecular formula is C15H22N2O4. The van der Waals surface area contributed by atoms with Crippen molar-refractivity contribution in [1.29, 1.82) is 0 Å². The lowest BCUT2D eigenvalue weighted by molar-refractivity contribution is -0.384. The van der Waals surface area contributed by atoms with E-state index in [-0.39, 0.29) is 23.7 Å². The average Bonchev–Trinajstić information content (AvgIpc) is 2.44. The van der Waals surface area contributed by atoms with Gasteiger partial charge in [-0.15, -0.1) is 0 Å². The summed E-state index contributed by atoms with van der Waals surface area (Å²) in [4.78, 5) is 22.4. The molecule has 6 nitrogen and oxygen atoms in total. The average molecular weight is 294 g/mol. The van der Waals surface area contributed by atoms with Gasteiger partial charge in [-0.1, -0.05) is 26.3 Å². The van der Waals surface area contributed by atoms with Crippen molar-refractivity contribution in [3.63, 3.8) is 0 Å². The highest BCUT2D eigenvalue weighted by Gasteiger charge is 2.28. The Morgan fingerprint density at radius 1 is 1.52 bits per heavy atom. The normalized spacial score (nSPS) is 15.1. The maximum atomic E-state index is 12.2. The molecule has 0 aliphatic heterocycles. The molecule has 0 radical (unpaired) electrons. The Morgan fingerprint density at radius 2 is 2.14 bits per heavy atom. The van der Waals surface area contributed by atoms with Gasteiger partial charge in [0.25, 0.3) is 11.6 Å². The molecule has 1 rings (SSSR count). The number of benzene rings is 1. The van der Waals surface area contributed by atoms with Gasteiger partial charge >= 0.3 is 0 Å². The van der Waals surface area contributed by atoms with E-state index in [1.165, 1.54) is 12.1 Å². The molecule has 2 N–H and O–H groups in total. The summed E-state index contributed by atoms with van der Waals surface area (Å²) in [7, 11) is 0. The minimum atomic E-state index is -1.01. The highest BCUT2D eigenvalue weighted by Crippen LogP contribution is 2.20. The van der Waals surface area contributed by atoms with Crippen LogP contribution < -0.4 is 5.32 Å². The number of amides is 1. The fourth-order valence-corrected chi connectivity index (χ4v) is 1.94. The third-order valence-corrected chi connectivity index (χ3v) is 3.96. The summed E-state index contributed by atoms with van der Waals surface area (Å²) in [5.41, 5.74) is -0.233. The number of hydrogen-bond acceptors (Lipinski definition) is 4. The van der Waals surface area contributed by atoms with Gasteiger partial charge in [-0.2, -0.15) is 0 Å². The Bertz CT molecular complexity index is 540. The largest absolute Gasteiger partial charge is 0.388 e. The molecule has 2 atom stereocenters. The molecule has 0 bridgehead atoms. The summed E-state index contributed by atoms with van der Waals surface area (Å²) in [6, 6.07) is 4.16. The van der Waals surface area contributed by atoms with E-state index in [9.17, 15) is 20.0 Å². The van der Waals surface area contributed by atoms with Crippen LogP contribution in [0.1, 0.15) is 43.1 Å². The summed E-state index contributed by atoms with van der Waals surface area (Å²) in [5.74, 6) is -0.385. The van der Waals surface area contributed by atoms with Crippen molar-refractivity contribution >= 4 is 11.6 Å². The molecule has 0 fully saturated rings. The first-order valence-corrected chi connectivity index (χ1v) is 6.94. The molecule has 0 saturated carbocycles. The van der Waals surface area contributed by atoms with Crippen molar-refractivity contribution in [3.05, 3.63) is 39.4 Å². The third kappa shape index (κ3) is 4.26. The van der Waals surface area contributed by atoms with Gasteiger partial charge in [0, 0.05) is 24.2 Å². The molecule has 1 aromatic carbocycles. The van der Waals surface area contributed by atoms with E-state index >= 15 is 0 Å². The Hall–Kier alpha value is -1.95. The topological polar surface area (TPSA) is 92.5 Å². The minimum Gasteiger partial charge on any atom is -0.388 e. The van der Waals surface area contributed by atoms with Gasteiger partial charge in [0.15, 0.2) is 0 Å². The quantitative estimate of drug-likeness (QED) is 0.622. The van der Waals surface area contributed by atoms with E-state index in [1.54, 1.807) is 19.9 Å². The summed E-state index contributed by atoms with van der Waals surface area (Å²) < 4.78 is 0. The third-order valence-electron chi connectivity index (χ3n) is 3.96. The van der Waals surface area contributed by atoms with Crippen molar-refractivity contribution < 1.29 is 14.8 Å². The maximum absolute atomic E-state index is 12.2. The molecule has 2 unspecified atom stereocenters. The predicted octanol–water partition coefficient (Wildman–Crippen LogP) is 2.43. The maximum Gasteiger partial charge on any atom is 0.270 e. The van der Waals surface area contributed by atoms with Crippen LogP contribution in [0, 0.1) is 23.0 Å². The van der Waals surface area contributed by atoms with E-state index in [2.05, 4.69) is 5.32 Å². The zero-order valence-corrected chi connectivity index (χ0v) is 12.8. The second-order valence-corrected chi connectivity index (χ2v) is 5.61. The van der Waals surface area contributed by atoms with Crippen molar-refractivity contribution in [2.45, 2.75) is 39.7 Å². The summed E-state index contributed by atoms with van der Waals surface area (Å²) in [6.07, 6.45) is 0.790. The summed E-state index contributed by atoms with van der Waals surface area (Å²) in [5, 5.41) is 23.7. The molecule has 116 valence electrons. The smallest absolute Gasteiger partial charge is 0.270 e. The molecule has 0 spiro atoms. The molecule has 1 amide bonds. The highest BCUT2D eigenvalue weighted by molar-refractivity contribution is 5.96. The van der Waals surface area contributed by atoms with E-state index in [0.29, 0.717) is 5.56 Å². The monoisotopic (exact) mass is 294 g/mol. The van der Waals surface area contributed by atoms with Gasteiger partial charge < -0.3 is 10.4 Å². The molecule has 0 aliphatic carbocycles. The van der Waals surface area contributed by atoms with Crippen molar-refractivity contribution in [1.82, 2.24) is 5.32 Å². The van der Waals surface area contributed by atoms with Gasteiger partial charge in [-0.25, -0.2) is 0 Å². The number of hydrogen-bond donors (Lipinski definition) is 2. The lowest BCUT2D eigenvalue weighted by Crippen LogP contribution is -2.45. The molecule has 21 heavy (non-hydrogen) atoms. The zero-order chi connectivity index (χ0) is 16.2. The van der Waals surface area contributed by atoms with Crippen LogP contribution in [-0.2, 0) is 0 Å². The van der Waals surface area contributed by atoms with Crippen LogP contribution in [-0.4, -0.2) is 28.1 Å². The lowest BCUT2D eigenvalue weighted by atomic mass is 9.88. The Morgan fingerprint density at radius 3 is 2.67 bits per heavy atom. The zero-order valence-electron chi connectivity index (χ0n) is 12.8. The standard InChI is InChI=1S/C15H22N2O4/c1-5-11(3)15(4,19)9-16-14(18)13-8-12(17(20)21)7-6-10(13)2/h6-8,11,19H,5,9H2,1-4H3,(H,16,18). The van der Waals surface area contributed by atoms with Gasteiger partial charge in [0.1, 0.15) is 0 Å². The number of non-ortho nitro benzene ring substituents is 1. The van der Waals surface area contributed by atoms with Crippen LogP contribution in [0.5, 0.6) is 0 Å². The number of carbonyl (C=O) groups excluding carboxylic acids is 1. The molecule has 6 heteroatoms. The van der Waals surface area contributed by atoms with E-state index in [0.717, 1.165) is 6.42 Å². The summed E-state index contributed by atoms with van der Waals surface area (Å²) in [6.45, 7) is 7.35. The van der Waals surface area contributed by atoms with Crippen LogP contribution in [0.15, 0.2) is 18.2 Å². The van der Waals surface area contributed by atoms with Crippen molar-refractivity contribution in [2.24, 2.45) is 5.92 Å². The number of nitro benzene ring substituents is 1. The number of carbonyl (C=O) groups is 1. The molecule has 0 saturated heterocycles. The van der Waals surface area contributed by atoms with Crippen LogP contribution in [0.25, 0.3) is 0 Å². The van der Waals surface area contributed by atoms with Crippen LogP contribution in [0.3, 0.4) is 0 Å². The van der Waals surface area contributed by atoms with Crippen LogP contribution >= 0.6 is 0 Å². The lowest BCUT2D eigenvalue weighted by Gasteiger charge is -2.29. The number of nitrogens with zero attached hydrogens (tertiary/aromatic N) is 1. The Kier molecular flexibility index (Phi) is 5.43. The van der Waals surface area contributed by atoms with E-state index in [1.807, 2.05) is 13.8 Å². The van der Waals surface area contributed by atoms with Gasteiger partial charge in [0.05, 0.1) is 10.5 Å². The minimum absolute atomic E-state index is 0.0315. The van der Waals surface area contributed by atoms with Crippen molar-refractivity contribution in [2.75, 3.05) is 6.54 Å². The molecule has 0 heterocycles. The number of aliphatic hydroxyl groups is 1. The second kappa shape index (κ2) is 6.67. The molecule has 0 aliphatic rings. The first-order chi connectivity index (χ1) is 9.69. The Balaban J connectivity index is 2.85. The van der Waals surface area contributed by atoms with Gasteiger partial charge in [-0.3, -0.25) is 14.9 Å². The molecule has 0 aromatic heterocycles. The fourth-order valence-electron chi connectivity index (χ4n) is 1.94. The number of nitrogens with one attached hydrogen (secondary N) is 1. The van der Waals surface area contributed by atoms with Crippen LogP contribution in [0.2, 0.25) is 0 Å². The van der Waals surface area contributed by atoms with Gasteiger partial charge in [0.2, 0.25) is 0 Å². The SMILES string of the molecule is CCC(C)C(C)(O)CNC(=O)c1cc([N+](=O)[O-])ccc1C. The first kappa shape index (κ1) is 17.1. The van der Waals surface area contributed by atoms with E-state index in [4.69, 9.17) is 0 Å². The highest BCUT2D eigenvalue weighted by atomic mass is 16.6. The predicted molar refractivity (Wildman–Crippen MR) is 80.2 cm³/mol. The number of nitro groups is 1. The Labute approximate surface area is 124 Å². The fraction of sp³-hybridized carbons (Fsp3) is 0.533.